The molecule has 0 unspecified atom stereocenters. The van der Waals surface area contributed by atoms with Gasteiger partial charge in [-0.15, -0.1) is 0 Å². The topological polar surface area (TPSA) is 83.8 Å². The SMILES string of the molecule is CCc1cn[nH]c1NC(=O)c1ccc(Cl)c(N)c1. The lowest BCUT2D eigenvalue weighted by Gasteiger charge is -2.06. The summed E-state index contributed by atoms with van der Waals surface area (Å²) in [5.74, 6) is 0.355. The highest BCUT2D eigenvalue weighted by Crippen LogP contribution is 2.20. The molecule has 0 aliphatic carbocycles. The number of aryl methyl sites for hydroxylation is 1. The van der Waals surface area contributed by atoms with Crippen molar-refractivity contribution in [3.63, 3.8) is 0 Å². The molecule has 94 valence electrons. The average Bonchev–Trinajstić information content (AvgIpc) is 2.79. The number of carbonyl (C=O) groups is 1. The Balaban J connectivity index is 2.19. The molecule has 0 atom stereocenters. The number of hydrogen-bond acceptors (Lipinski definition) is 3. The molecule has 0 aliphatic rings. The predicted octanol–water partition coefficient (Wildman–Crippen LogP) is 2.46. The molecule has 5 nitrogen and oxygen atoms in total. The van der Waals surface area contributed by atoms with Gasteiger partial charge in [0.15, 0.2) is 0 Å². The second kappa shape index (κ2) is 5.10. The Labute approximate surface area is 109 Å². The van der Waals surface area contributed by atoms with Crippen molar-refractivity contribution in [1.29, 1.82) is 0 Å². The summed E-state index contributed by atoms with van der Waals surface area (Å²) in [6.45, 7) is 1.99. The Kier molecular flexibility index (Phi) is 3.53. The minimum absolute atomic E-state index is 0.252. The van der Waals surface area contributed by atoms with Crippen molar-refractivity contribution >= 4 is 29.0 Å². The third-order valence-corrected chi connectivity index (χ3v) is 2.94. The van der Waals surface area contributed by atoms with Gasteiger partial charge in [0.2, 0.25) is 0 Å². The molecule has 1 amide bonds. The summed E-state index contributed by atoms with van der Waals surface area (Å²) in [5, 5.41) is 9.81. The maximum Gasteiger partial charge on any atom is 0.256 e. The first-order valence-corrected chi connectivity index (χ1v) is 5.88. The lowest BCUT2D eigenvalue weighted by molar-refractivity contribution is 0.102. The van der Waals surface area contributed by atoms with E-state index in [-0.39, 0.29) is 5.91 Å². The number of halogens is 1. The van der Waals surface area contributed by atoms with E-state index in [9.17, 15) is 4.79 Å². The minimum Gasteiger partial charge on any atom is -0.398 e. The first-order chi connectivity index (χ1) is 8.61. The molecule has 0 bridgehead atoms. The van der Waals surface area contributed by atoms with Crippen molar-refractivity contribution in [2.75, 3.05) is 11.1 Å². The molecule has 18 heavy (non-hydrogen) atoms. The summed E-state index contributed by atoms with van der Waals surface area (Å²) in [5.41, 5.74) is 7.44. The van der Waals surface area contributed by atoms with Crippen LogP contribution in [0.15, 0.2) is 24.4 Å². The van der Waals surface area contributed by atoms with Gasteiger partial charge in [-0.05, 0) is 24.6 Å². The molecule has 1 aromatic heterocycles. The summed E-state index contributed by atoms with van der Waals surface area (Å²) in [7, 11) is 0. The highest BCUT2D eigenvalue weighted by Gasteiger charge is 2.11. The number of aromatic nitrogens is 2. The number of nitrogens with two attached hydrogens (primary N) is 1. The Bertz CT molecular complexity index is 579. The van der Waals surface area contributed by atoms with Crippen molar-refractivity contribution in [1.82, 2.24) is 10.2 Å². The first kappa shape index (κ1) is 12.4. The zero-order valence-electron chi connectivity index (χ0n) is 9.83. The van der Waals surface area contributed by atoms with Gasteiger partial charge in [0.25, 0.3) is 5.91 Å². The summed E-state index contributed by atoms with van der Waals surface area (Å²) in [6, 6.07) is 4.76. The van der Waals surface area contributed by atoms with E-state index >= 15 is 0 Å². The standard InChI is InChI=1S/C12H13ClN4O/c1-2-7-6-15-17-11(7)16-12(18)8-3-4-9(13)10(14)5-8/h3-6H,2,14H2,1H3,(H2,15,16,17,18). The van der Waals surface area contributed by atoms with Crippen LogP contribution in [0, 0.1) is 0 Å². The van der Waals surface area contributed by atoms with Gasteiger partial charge in [-0.1, -0.05) is 18.5 Å². The highest BCUT2D eigenvalue weighted by molar-refractivity contribution is 6.33. The first-order valence-electron chi connectivity index (χ1n) is 5.50. The van der Waals surface area contributed by atoms with E-state index in [1.165, 1.54) is 0 Å². The van der Waals surface area contributed by atoms with Crippen molar-refractivity contribution in [3.8, 4) is 0 Å². The molecule has 2 rings (SSSR count). The second-order valence-corrected chi connectivity index (χ2v) is 4.22. The quantitative estimate of drug-likeness (QED) is 0.745. The van der Waals surface area contributed by atoms with Crippen LogP contribution in [0.25, 0.3) is 0 Å². The molecule has 0 aliphatic heterocycles. The zero-order valence-corrected chi connectivity index (χ0v) is 10.6. The zero-order chi connectivity index (χ0) is 13.1. The van der Waals surface area contributed by atoms with E-state index in [4.69, 9.17) is 17.3 Å². The van der Waals surface area contributed by atoms with E-state index in [1.807, 2.05) is 6.92 Å². The Hall–Kier alpha value is -2.01. The molecular weight excluding hydrogens is 252 g/mol. The van der Waals surface area contributed by atoms with Gasteiger partial charge in [0, 0.05) is 11.1 Å². The van der Waals surface area contributed by atoms with Crippen LogP contribution in [0.2, 0.25) is 5.02 Å². The van der Waals surface area contributed by atoms with Gasteiger partial charge in [0.05, 0.1) is 16.9 Å². The number of benzene rings is 1. The Morgan fingerprint density at radius 3 is 3.00 bits per heavy atom. The number of nitrogens with zero attached hydrogens (tertiary/aromatic N) is 1. The monoisotopic (exact) mass is 264 g/mol. The Morgan fingerprint density at radius 1 is 1.56 bits per heavy atom. The van der Waals surface area contributed by atoms with Crippen molar-refractivity contribution < 1.29 is 4.79 Å². The lowest BCUT2D eigenvalue weighted by atomic mass is 10.2. The van der Waals surface area contributed by atoms with Crippen molar-refractivity contribution in [2.24, 2.45) is 0 Å². The third-order valence-electron chi connectivity index (χ3n) is 2.60. The smallest absolute Gasteiger partial charge is 0.256 e. The number of aromatic amines is 1. The fraction of sp³-hybridized carbons (Fsp3) is 0.167. The second-order valence-electron chi connectivity index (χ2n) is 3.81. The normalized spacial score (nSPS) is 10.3. The molecule has 0 saturated heterocycles. The molecule has 0 radical (unpaired) electrons. The summed E-state index contributed by atoms with van der Waals surface area (Å²) < 4.78 is 0. The average molecular weight is 265 g/mol. The van der Waals surface area contributed by atoms with Gasteiger partial charge >= 0.3 is 0 Å². The van der Waals surface area contributed by atoms with Gasteiger partial charge in [-0.25, -0.2) is 0 Å². The molecule has 2 aromatic rings. The third kappa shape index (κ3) is 2.46. The van der Waals surface area contributed by atoms with E-state index < -0.39 is 0 Å². The molecule has 1 heterocycles. The number of hydrogen-bond donors (Lipinski definition) is 3. The largest absolute Gasteiger partial charge is 0.398 e. The molecule has 0 spiro atoms. The van der Waals surface area contributed by atoms with Crippen LogP contribution in [0.3, 0.4) is 0 Å². The van der Waals surface area contributed by atoms with Gasteiger partial charge in [-0.2, -0.15) is 5.10 Å². The van der Waals surface area contributed by atoms with Crippen molar-refractivity contribution in [3.05, 3.63) is 40.5 Å². The molecule has 6 heteroatoms. The van der Waals surface area contributed by atoms with Crippen LogP contribution in [0.1, 0.15) is 22.8 Å². The van der Waals surface area contributed by atoms with Crippen LogP contribution in [0.5, 0.6) is 0 Å². The highest BCUT2D eigenvalue weighted by atomic mass is 35.5. The molecular formula is C12H13ClN4O. The number of carbonyl (C=O) groups excluding carboxylic acids is 1. The van der Waals surface area contributed by atoms with E-state index in [2.05, 4.69) is 15.5 Å². The Morgan fingerprint density at radius 2 is 2.33 bits per heavy atom. The number of anilines is 2. The summed E-state index contributed by atoms with van der Waals surface area (Å²) in [6.07, 6.45) is 2.47. The number of rotatable bonds is 3. The fourth-order valence-electron chi connectivity index (χ4n) is 1.56. The van der Waals surface area contributed by atoms with Crippen LogP contribution < -0.4 is 11.1 Å². The predicted molar refractivity (Wildman–Crippen MR) is 71.8 cm³/mol. The maximum absolute atomic E-state index is 12.0. The number of H-pyrrole nitrogens is 1. The van der Waals surface area contributed by atoms with Gasteiger partial charge in [-0.3, -0.25) is 9.89 Å². The van der Waals surface area contributed by atoms with E-state index in [0.29, 0.717) is 22.1 Å². The van der Waals surface area contributed by atoms with Gasteiger partial charge < -0.3 is 11.1 Å². The molecule has 0 saturated carbocycles. The minimum atomic E-state index is -0.252. The number of amides is 1. The number of nitrogen functional groups attached to an aromatic ring is 1. The summed E-state index contributed by atoms with van der Waals surface area (Å²) >= 11 is 5.80. The molecule has 0 fully saturated rings. The molecule has 1 aromatic carbocycles. The van der Waals surface area contributed by atoms with E-state index in [0.717, 1.165) is 12.0 Å². The summed E-state index contributed by atoms with van der Waals surface area (Å²) in [4.78, 5) is 12.0. The fourth-order valence-corrected chi connectivity index (χ4v) is 1.68. The van der Waals surface area contributed by atoms with Crippen LogP contribution in [-0.2, 0) is 6.42 Å². The van der Waals surface area contributed by atoms with Gasteiger partial charge in [0.1, 0.15) is 5.82 Å². The van der Waals surface area contributed by atoms with Crippen LogP contribution in [-0.4, -0.2) is 16.1 Å². The molecule has 4 N–H and O–H groups in total. The maximum atomic E-state index is 12.0. The van der Waals surface area contributed by atoms with E-state index in [1.54, 1.807) is 24.4 Å². The number of nitrogens with one attached hydrogen (secondary N) is 2. The van der Waals surface area contributed by atoms with Crippen LogP contribution in [0.4, 0.5) is 11.5 Å². The van der Waals surface area contributed by atoms with Crippen molar-refractivity contribution in [2.45, 2.75) is 13.3 Å². The lowest BCUT2D eigenvalue weighted by Crippen LogP contribution is -2.13. The van der Waals surface area contributed by atoms with Crippen LogP contribution >= 0.6 is 11.6 Å².